The molecule has 1 aromatic heterocycles. The fourth-order valence-corrected chi connectivity index (χ4v) is 2.69. The summed E-state index contributed by atoms with van der Waals surface area (Å²) in [5.41, 5.74) is 5.75. The Morgan fingerprint density at radius 1 is 1.24 bits per heavy atom. The number of carbonyl (C=O) groups is 1. The van der Waals surface area contributed by atoms with Crippen LogP contribution in [0.15, 0.2) is 36.5 Å². The number of amides is 1. The lowest BCUT2D eigenvalue weighted by Crippen LogP contribution is -2.39. The van der Waals surface area contributed by atoms with Crippen LogP contribution in [0.5, 0.6) is 0 Å². The monoisotopic (exact) mass is 288 g/mol. The van der Waals surface area contributed by atoms with Crippen molar-refractivity contribution in [2.45, 2.75) is 18.9 Å². The van der Waals surface area contributed by atoms with Crippen LogP contribution in [0.25, 0.3) is 0 Å². The van der Waals surface area contributed by atoms with E-state index in [2.05, 4.69) is 5.10 Å². The van der Waals surface area contributed by atoms with E-state index in [9.17, 15) is 9.18 Å². The van der Waals surface area contributed by atoms with Gasteiger partial charge in [0.2, 0.25) is 0 Å². The molecule has 2 aromatic rings. The Morgan fingerprint density at radius 3 is 2.57 bits per heavy atom. The topological polar surface area (TPSA) is 64.2 Å². The quantitative estimate of drug-likeness (QED) is 0.920. The molecule has 0 spiro atoms. The van der Waals surface area contributed by atoms with Gasteiger partial charge in [-0.15, -0.1) is 0 Å². The molecule has 0 radical (unpaired) electrons. The van der Waals surface area contributed by atoms with E-state index in [1.54, 1.807) is 23.1 Å². The number of nitrogens with two attached hydrogens (primary N) is 1. The molecule has 21 heavy (non-hydrogen) atoms. The highest BCUT2D eigenvalue weighted by Crippen LogP contribution is 2.23. The molecule has 110 valence electrons. The molecule has 1 aliphatic rings. The molecule has 1 saturated heterocycles. The predicted octanol–water partition coefficient (Wildman–Crippen LogP) is 2.08. The maximum absolute atomic E-state index is 13.7. The number of hydrogen-bond acceptors (Lipinski definition) is 3. The Balaban J connectivity index is 1.66. The normalized spacial score (nSPS) is 16.1. The summed E-state index contributed by atoms with van der Waals surface area (Å²) < 4.78 is 15.5. The third-order valence-corrected chi connectivity index (χ3v) is 3.86. The molecule has 0 unspecified atom stereocenters. The summed E-state index contributed by atoms with van der Waals surface area (Å²) in [5, 5.41) is 4.21. The first kappa shape index (κ1) is 13.6. The lowest BCUT2D eigenvalue weighted by atomic mass is 10.0. The van der Waals surface area contributed by atoms with E-state index in [-0.39, 0.29) is 17.5 Å². The molecule has 3 rings (SSSR count). The van der Waals surface area contributed by atoms with Crippen LogP contribution in [0.1, 0.15) is 29.2 Å². The lowest BCUT2D eigenvalue weighted by Gasteiger charge is -2.32. The number of halogens is 1. The van der Waals surface area contributed by atoms with Gasteiger partial charge in [0.15, 0.2) is 0 Å². The van der Waals surface area contributed by atoms with Crippen LogP contribution in [0.3, 0.4) is 0 Å². The third-order valence-electron chi connectivity index (χ3n) is 3.86. The van der Waals surface area contributed by atoms with Gasteiger partial charge in [-0.05, 0) is 31.0 Å². The molecule has 1 aliphatic heterocycles. The van der Waals surface area contributed by atoms with Gasteiger partial charge in [-0.25, -0.2) is 4.39 Å². The molecule has 0 atom stereocenters. The number of carbonyl (C=O) groups excluding carboxylic acids is 1. The zero-order valence-electron chi connectivity index (χ0n) is 11.6. The van der Waals surface area contributed by atoms with Crippen molar-refractivity contribution in [1.82, 2.24) is 14.7 Å². The van der Waals surface area contributed by atoms with Gasteiger partial charge in [-0.3, -0.25) is 9.48 Å². The van der Waals surface area contributed by atoms with E-state index in [0.717, 1.165) is 12.8 Å². The Kier molecular flexibility index (Phi) is 3.60. The number of rotatable bonds is 2. The molecular formula is C15H17FN4O. The first-order valence-electron chi connectivity index (χ1n) is 6.99. The predicted molar refractivity (Wildman–Crippen MR) is 77.2 cm³/mol. The van der Waals surface area contributed by atoms with Crippen molar-refractivity contribution in [3.8, 4) is 0 Å². The van der Waals surface area contributed by atoms with Crippen LogP contribution in [-0.4, -0.2) is 33.7 Å². The summed E-state index contributed by atoms with van der Waals surface area (Å²) in [7, 11) is 0. The van der Waals surface area contributed by atoms with Gasteiger partial charge >= 0.3 is 0 Å². The number of benzene rings is 1. The fraction of sp³-hybridized carbons (Fsp3) is 0.333. The van der Waals surface area contributed by atoms with Crippen molar-refractivity contribution in [3.63, 3.8) is 0 Å². The second-order valence-electron chi connectivity index (χ2n) is 5.22. The molecule has 6 heteroatoms. The van der Waals surface area contributed by atoms with Gasteiger partial charge in [-0.1, -0.05) is 12.1 Å². The standard InChI is InChI=1S/C15H17FN4O/c16-13-4-2-1-3-12(13)15(21)19-8-5-11(6-9-19)20-10-7-14(17)18-20/h1-4,7,10-11H,5-6,8-9H2,(H2,17,18). The fourth-order valence-electron chi connectivity index (χ4n) is 2.69. The van der Waals surface area contributed by atoms with Crippen molar-refractivity contribution in [2.24, 2.45) is 0 Å². The second-order valence-corrected chi connectivity index (χ2v) is 5.22. The molecule has 5 nitrogen and oxygen atoms in total. The summed E-state index contributed by atoms with van der Waals surface area (Å²) in [4.78, 5) is 14.0. The summed E-state index contributed by atoms with van der Waals surface area (Å²) in [5.74, 6) is -0.212. The SMILES string of the molecule is Nc1ccn(C2CCN(C(=O)c3ccccc3F)CC2)n1. The lowest BCUT2D eigenvalue weighted by molar-refractivity contribution is 0.0685. The average Bonchev–Trinajstić information content (AvgIpc) is 2.94. The number of likely N-dealkylation sites (tertiary alicyclic amines) is 1. The third kappa shape index (κ3) is 2.74. The average molecular weight is 288 g/mol. The number of nitrogen functional groups attached to an aromatic ring is 1. The van der Waals surface area contributed by atoms with Crippen LogP contribution < -0.4 is 5.73 Å². The van der Waals surface area contributed by atoms with Gasteiger partial charge in [-0.2, -0.15) is 5.10 Å². The smallest absolute Gasteiger partial charge is 0.256 e. The van der Waals surface area contributed by atoms with E-state index in [1.165, 1.54) is 12.1 Å². The molecule has 0 bridgehead atoms. The first-order valence-corrected chi connectivity index (χ1v) is 6.99. The van der Waals surface area contributed by atoms with Crippen molar-refractivity contribution in [2.75, 3.05) is 18.8 Å². The zero-order chi connectivity index (χ0) is 14.8. The van der Waals surface area contributed by atoms with E-state index in [4.69, 9.17) is 5.73 Å². The van der Waals surface area contributed by atoms with E-state index in [0.29, 0.717) is 18.9 Å². The van der Waals surface area contributed by atoms with Crippen LogP contribution in [-0.2, 0) is 0 Å². The Bertz CT molecular complexity index is 647. The highest BCUT2D eigenvalue weighted by atomic mass is 19.1. The zero-order valence-corrected chi connectivity index (χ0v) is 11.6. The van der Waals surface area contributed by atoms with Gasteiger partial charge < -0.3 is 10.6 Å². The van der Waals surface area contributed by atoms with Gasteiger partial charge in [0.05, 0.1) is 11.6 Å². The maximum atomic E-state index is 13.7. The minimum atomic E-state index is -0.468. The Labute approximate surface area is 122 Å². The summed E-state index contributed by atoms with van der Waals surface area (Å²) >= 11 is 0. The van der Waals surface area contributed by atoms with Crippen molar-refractivity contribution in [1.29, 1.82) is 0 Å². The van der Waals surface area contributed by atoms with Crippen LogP contribution >= 0.6 is 0 Å². The molecule has 1 amide bonds. The van der Waals surface area contributed by atoms with Gasteiger partial charge in [0.1, 0.15) is 11.6 Å². The van der Waals surface area contributed by atoms with Gasteiger partial charge in [0.25, 0.3) is 5.91 Å². The number of piperidine rings is 1. The summed E-state index contributed by atoms with van der Waals surface area (Å²) in [6.07, 6.45) is 3.44. The first-order chi connectivity index (χ1) is 10.1. The molecule has 2 N–H and O–H groups in total. The van der Waals surface area contributed by atoms with Crippen molar-refractivity contribution >= 4 is 11.7 Å². The van der Waals surface area contributed by atoms with Gasteiger partial charge in [0, 0.05) is 19.3 Å². The van der Waals surface area contributed by atoms with E-state index in [1.807, 2.05) is 10.9 Å². The van der Waals surface area contributed by atoms with E-state index < -0.39 is 5.82 Å². The Hall–Kier alpha value is -2.37. The number of nitrogens with zero attached hydrogens (tertiary/aromatic N) is 3. The highest BCUT2D eigenvalue weighted by Gasteiger charge is 2.26. The van der Waals surface area contributed by atoms with Crippen LogP contribution in [0.4, 0.5) is 10.2 Å². The number of anilines is 1. The molecule has 1 fully saturated rings. The number of hydrogen-bond donors (Lipinski definition) is 1. The van der Waals surface area contributed by atoms with E-state index >= 15 is 0 Å². The highest BCUT2D eigenvalue weighted by molar-refractivity contribution is 5.94. The van der Waals surface area contributed by atoms with Crippen molar-refractivity contribution in [3.05, 3.63) is 47.9 Å². The van der Waals surface area contributed by atoms with Crippen LogP contribution in [0.2, 0.25) is 0 Å². The summed E-state index contributed by atoms with van der Waals surface area (Å²) in [6, 6.07) is 8.10. The minimum Gasteiger partial charge on any atom is -0.382 e. The Morgan fingerprint density at radius 2 is 1.95 bits per heavy atom. The molecule has 2 heterocycles. The summed E-state index contributed by atoms with van der Waals surface area (Å²) in [6.45, 7) is 1.19. The largest absolute Gasteiger partial charge is 0.382 e. The van der Waals surface area contributed by atoms with Crippen molar-refractivity contribution < 1.29 is 9.18 Å². The maximum Gasteiger partial charge on any atom is 0.256 e. The molecule has 0 saturated carbocycles. The molecular weight excluding hydrogens is 271 g/mol. The molecule has 1 aromatic carbocycles. The number of aromatic nitrogens is 2. The minimum absolute atomic E-state index is 0.138. The second kappa shape index (κ2) is 5.55. The van der Waals surface area contributed by atoms with Crippen LogP contribution in [0, 0.1) is 5.82 Å². The molecule has 0 aliphatic carbocycles.